The summed E-state index contributed by atoms with van der Waals surface area (Å²) >= 11 is 3.07. The number of thioether (sulfide) groups is 1. The molecule has 5 aromatic rings. The van der Waals surface area contributed by atoms with Crippen molar-refractivity contribution in [2.75, 3.05) is 27.2 Å². The van der Waals surface area contributed by atoms with E-state index < -0.39 is 0 Å². The lowest BCUT2D eigenvalue weighted by molar-refractivity contribution is 0.0726. The van der Waals surface area contributed by atoms with Crippen LogP contribution in [0, 0.1) is 0 Å². The maximum absolute atomic E-state index is 13.9. The number of likely N-dealkylation sites (N-methyl/N-ethyl adjacent to an activating group) is 1. The maximum Gasteiger partial charge on any atom is 0.276 e. The van der Waals surface area contributed by atoms with Gasteiger partial charge in [-0.3, -0.25) is 14.2 Å². The Morgan fingerprint density at radius 2 is 1.70 bits per heavy atom. The van der Waals surface area contributed by atoms with Crippen LogP contribution in [0.5, 0.6) is 0 Å². The van der Waals surface area contributed by atoms with Gasteiger partial charge in [-0.15, -0.1) is 11.3 Å². The van der Waals surface area contributed by atoms with E-state index in [1.54, 1.807) is 20.8 Å². The van der Waals surface area contributed by atoms with E-state index in [4.69, 9.17) is 9.40 Å². The molecule has 1 aliphatic rings. The molecule has 8 nitrogen and oxygen atoms in total. The van der Waals surface area contributed by atoms with E-state index >= 15 is 0 Å². The van der Waals surface area contributed by atoms with Crippen molar-refractivity contribution in [2.45, 2.75) is 49.7 Å². The first kappa shape index (κ1) is 29.3. The molecule has 3 heterocycles. The van der Waals surface area contributed by atoms with Crippen LogP contribution in [0.4, 0.5) is 0 Å². The predicted molar refractivity (Wildman–Crippen MR) is 172 cm³/mol. The van der Waals surface area contributed by atoms with Crippen molar-refractivity contribution in [1.29, 1.82) is 0 Å². The smallest absolute Gasteiger partial charge is 0.276 e. The SMILES string of the molecule is CN(C)CCN(Cc1ccccc1)C(=O)c1coc(CSc2nc3sc4c(c3c(=O)n2Cc2ccccc2)CCCC4)n1. The van der Waals surface area contributed by atoms with E-state index in [2.05, 4.69) is 9.88 Å². The van der Waals surface area contributed by atoms with E-state index in [1.165, 1.54) is 28.5 Å². The van der Waals surface area contributed by atoms with Crippen molar-refractivity contribution in [3.8, 4) is 0 Å². The van der Waals surface area contributed by atoms with Gasteiger partial charge in [0.05, 0.1) is 17.7 Å². The minimum Gasteiger partial charge on any atom is -0.447 e. The van der Waals surface area contributed by atoms with Gasteiger partial charge >= 0.3 is 0 Å². The molecule has 10 heteroatoms. The van der Waals surface area contributed by atoms with Crippen LogP contribution in [0.25, 0.3) is 10.2 Å². The summed E-state index contributed by atoms with van der Waals surface area (Å²) in [6.07, 6.45) is 5.65. The van der Waals surface area contributed by atoms with Crippen molar-refractivity contribution in [1.82, 2.24) is 24.3 Å². The van der Waals surface area contributed by atoms with Gasteiger partial charge < -0.3 is 14.2 Å². The number of carbonyl (C=O) groups excluding carboxylic acids is 1. The Morgan fingerprint density at radius 3 is 2.44 bits per heavy atom. The van der Waals surface area contributed by atoms with Gasteiger partial charge in [0.15, 0.2) is 10.9 Å². The molecule has 3 aromatic heterocycles. The van der Waals surface area contributed by atoms with Crippen LogP contribution < -0.4 is 5.56 Å². The average molecular weight is 614 g/mol. The molecule has 0 unspecified atom stereocenters. The monoisotopic (exact) mass is 613 g/mol. The highest BCUT2D eigenvalue weighted by atomic mass is 32.2. The molecular weight excluding hydrogens is 579 g/mol. The molecule has 1 aliphatic carbocycles. The molecule has 0 radical (unpaired) electrons. The third-order valence-electron chi connectivity index (χ3n) is 7.64. The standard InChI is InChI=1S/C33H35N5O3S2/c1-36(2)17-18-37(19-23-11-5-3-6-12-23)31(39)26-21-41-28(34-26)22-42-33-35-30-29(25-15-9-10-16-27(25)43-30)32(40)38(33)20-24-13-7-4-8-14-24/h3-8,11-14,21H,9-10,15-20,22H2,1-2H3. The number of fused-ring (bicyclic) bond motifs is 3. The zero-order chi connectivity index (χ0) is 29.8. The molecule has 0 saturated carbocycles. The summed E-state index contributed by atoms with van der Waals surface area (Å²) in [4.78, 5) is 43.0. The van der Waals surface area contributed by atoms with Crippen molar-refractivity contribution in [2.24, 2.45) is 0 Å². The summed E-state index contributed by atoms with van der Waals surface area (Å²) in [5.41, 5.74) is 3.57. The molecular formula is C33H35N5O3S2. The number of benzene rings is 2. The molecule has 6 rings (SSSR count). The topological polar surface area (TPSA) is 84.5 Å². The molecule has 0 fully saturated rings. The number of aryl methyl sites for hydroxylation is 2. The zero-order valence-corrected chi connectivity index (χ0v) is 26.1. The van der Waals surface area contributed by atoms with Crippen LogP contribution in [0.15, 0.2) is 81.3 Å². The fraction of sp³-hybridized carbons (Fsp3) is 0.333. The minimum atomic E-state index is -0.171. The van der Waals surface area contributed by atoms with Crippen molar-refractivity contribution in [3.05, 3.63) is 110 Å². The Morgan fingerprint density at radius 1 is 0.977 bits per heavy atom. The average Bonchev–Trinajstić information content (AvgIpc) is 3.65. The zero-order valence-electron chi connectivity index (χ0n) is 24.5. The first-order valence-corrected chi connectivity index (χ1v) is 16.4. The number of amides is 1. The van der Waals surface area contributed by atoms with Crippen LogP contribution in [0.2, 0.25) is 0 Å². The molecule has 0 saturated heterocycles. The molecule has 43 heavy (non-hydrogen) atoms. The summed E-state index contributed by atoms with van der Waals surface area (Å²) in [6, 6.07) is 19.9. The lowest BCUT2D eigenvalue weighted by Gasteiger charge is -2.23. The van der Waals surface area contributed by atoms with Crippen molar-refractivity contribution >= 4 is 39.2 Å². The number of oxazole rings is 1. The highest BCUT2D eigenvalue weighted by Crippen LogP contribution is 2.35. The van der Waals surface area contributed by atoms with Gasteiger partial charge in [0.25, 0.3) is 11.5 Å². The molecule has 0 N–H and O–H groups in total. The Balaban J connectivity index is 1.25. The van der Waals surface area contributed by atoms with E-state index in [9.17, 15) is 9.59 Å². The van der Waals surface area contributed by atoms with Gasteiger partial charge in [-0.1, -0.05) is 72.4 Å². The molecule has 222 valence electrons. The van der Waals surface area contributed by atoms with Gasteiger partial charge in [-0.2, -0.15) is 0 Å². The second-order valence-corrected chi connectivity index (χ2v) is 13.1. The lowest BCUT2D eigenvalue weighted by atomic mass is 9.97. The maximum atomic E-state index is 13.9. The molecule has 0 bridgehead atoms. The van der Waals surface area contributed by atoms with Gasteiger partial charge in [0.2, 0.25) is 5.89 Å². The van der Waals surface area contributed by atoms with Crippen molar-refractivity contribution < 1.29 is 9.21 Å². The number of nitrogens with zero attached hydrogens (tertiary/aromatic N) is 5. The predicted octanol–water partition coefficient (Wildman–Crippen LogP) is 5.87. The van der Waals surface area contributed by atoms with E-state index in [0.717, 1.165) is 53.6 Å². The van der Waals surface area contributed by atoms with E-state index in [1.807, 2.05) is 74.8 Å². The molecule has 2 aromatic carbocycles. The second-order valence-electron chi connectivity index (χ2n) is 11.1. The summed E-state index contributed by atoms with van der Waals surface area (Å²) in [5.74, 6) is 0.601. The molecule has 1 amide bonds. The second kappa shape index (κ2) is 13.3. The third kappa shape index (κ3) is 6.76. The lowest BCUT2D eigenvalue weighted by Crippen LogP contribution is -2.36. The summed E-state index contributed by atoms with van der Waals surface area (Å²) in [6.45, 7) is 2.23. The third-order valence-corrected chi connectivity index (χ3v) is 9.79. The number of hydrogen-bond donors (Lipinski definition) is 0. The molecule has 0 spiro atoms. The van der Waals surface area contributed by atoms with Crippen LogP contribution in [-0.4, -0.2) is 57.4 Å². The van der Waals surface area contributed by atoms with Gasteiger partial charge in [0.1, 0.15) is 11.1 Å². The normalized spacial score (nSPS) is 13.0. The summed E-state index contributed by atoms with van der Waals surface area (Å²) in [5, 5.41) is 1.41. The van der Waals surface area contributed by atoms with E-state index in [-0.39, 0.29) is 17.2 Å². The van der Waals surface area contributed by atoms with Gasteiger partial charge in [-0.25, -0.2) is 9.97 Å². The van der Waals surface area contributed by atoms with Gasteiger partial charge in [0, 0.05) is 24.5 Å². The summed E-state index contributed by atoms with van der Waals surface area (Å²) < 4.78 is 7.55. The first-order chi connectivity index (χ1) is 21.0. The fourth-order valence-electron chi connectivity index (χ4n) is 5.38. The Hall–Kier alpha value is -3.73. The number of hydrogen-bond acceptors (Lipinski definition) is 8. The fourth-order valence-corrected chi connectivity index (χ4v) is 7.53. The number of aromatic nitrogens is 3. The quantitative estimate of drug-likeness (QED) is 0.136. The largest absolute Gasteiger partial charge is 0.447 e. The molecule has 0 atom stereocenters. The number of thiophene rings is 1. The van der Waals surface area contributed by atoms with Crippen LogP contribution >= 0.6 is 23.1 Å². The van der Waals surface area contributed by atoms with Crippen LogP contribution in [0.1, 0.15) is 50.8 Å². The van der Waals surface area contributed by atoms with Gasteiger partial charge in [-0.05, 0) is 56.5 Å². The Bertz CT molecular complexity index is 1760. The highest BCUT2D eigenvalue weighted by Gasteiger charge is 2.24. The Kier molecular flexibility index (Phi) is 9.06. The van der Waals surface area contributed by atoms with Crippen LogP contribution in [0.3, 0.4) is 0 Å². The Labute approximate surface area is 259 Å². The number of carbonyl (C=O) groups is 1. The highest BCUT2D eigenvalue weighted by molar-refractivity contribution is 7.98. The molecule has 0 aliphatic heterocycles. The van der Waals surface area contributed by atoms with E-state index in [0.29, 0.717) is 36.4 Å². The summed E-state index contributed by atoms with van der Waals surface area (Å²) in [7, 11) is 3.98. The minimum absolute atomic E-state index is 0.0106. The number of rotatable bonds is 11. The first-order valence-electron chi connectivity index (χ1n) is 14.6. The van der Waals surface area contributed by atoms with Crippen LogP contribution in [-0.2, 0) is 31.7 Å². The van der Waals surface area contributed by atoms with Crippen molar-refractivity contribution in [3.63, 3.8) is 0 Å².